The van der Waals surface area contributed by atoms with Crippen molar-refractivity contribution in [2.75, 3.05) is 0 Å². The second-order valence-corrected chi connectivity index (χ2v) is 5.94. The van der Waals surface area contributed by atoms with Gasteiger partial charge in [-0.3, -0.25) is 4.79 Å². The Labute approximate surface area is 132 Å². The molecule has 2 atom stereocenters. The summed E-state index contributed by atoms with van der Waals surface area (Å²) in [4.78, 5) is 13.9. The second kappa shape index (κ2) is 5.45. The third-order valence-corrected chi connectivity index (χ3v) is 3.83. The van der Waals surface area contributed by atoms with Crippen LogP contribution in [0.15, 0.2) is 41.3 Å². The van der Waals surface area contributed by atoms with Crippen molar-refractivity contribution in [3.8, 4) is 17.6 Å². The molecule has 0 spiro atoms. The van der Waals surface area contributed by atoms with Gasteiger partial charge in [-0.2, -0.15) is 5.26 Å². The number of aromatic nitrogens is 1. The van der Waals surface area contributed by atoms with E-state index < -0.39 is 17.8 Å². The average molecular weight is 312 g/mol. The average Bonchev–Trinajstić information content (AvgIpc) is 2.51. The number of aliphatic hydroxyl groups is 1. The standard InChI is InChI=1S/C17H16N2O4/c1-17(2)16(21)15(22-11-5-6-19-14(20)8-11)12-7-10(9-18)3-4-13(12)23-17/h3-8,15-16,21H,1-2H3,(H,19,20)/t15-,16+/m1/s1. The molecule has 6 nitrogen and oxygen atoms in total. The summed E-state index contributed by atoms with van der Waals surface area (Å²) < 4.78 is 11.7. The molecule has 1 aliphatic heterocycles. The first kappa shape index (κ1) is 15.1. The minimum Gasteiger partial charge on any atom is -0.485 e. The summed E-state index contributed by atoms with van der Waals surface area (Å²) in [6.07, 6.45) is -0.242. The first-order valence-electron chi connectivity index (χ1n) is 7.17. The Morgan fingerprint density at radius 1 is 1.35 bits per heavy atom. The van der Waals surface area contributed by atoms with Crippen LogP contribution in [0.4, 0.5) is 0 Å². The van der Waals surface area contributed by atoms with Gasteiger partial charge in [0, 0.05) is 17.8 Å². The van der Waals surface area contributed by atoms with Crippen LogP contribution < -0.4 is 15.0 Å². The fraction of sp³-hybridized carbons (Fsp3) is 0.294. The van der Waals surface area contributed by atoms with Gasteiger partial charge in [-0.05, 0) is 38.1 Å². The van der Waals surface area contributed by atoms with Gasteiger partial charge >= 0.3 is 0 Å². The van der Waals surface area contributed by atoms with Gasteiger partial charge < -0.3 is 19.6 Å². The number of rotatable bonds is 2. The van der Waals surface area contributed by atoms with Gasteiger partial charge in [0.05, 0.1) is 11.6 Å². The highest BCUT2D eigenvalue weighted by Gasteiger charge is 2.44. The van der Waals surface area contributed by atoms with Gasteiger partial charge in [0.1, 0.15) is 23.2 Å². The maximum atomic E-state index is 11.4. The summed E-state index contributed by atoms with van der Waals surface area (Å²) in [7, 11) is 0. The van der Waals surface area contributed by atoms with Crippen molar-refractivity contribution in [3.05, 3.63) is 58.0 Å². The molecule has 2 aromatic rings. The number of pyridine rings is 1. The van der Waals surface area contributed by atoms with E-state index in [9.17, 15) is 9.90 Å². The highest BCUT2D eigenvalue weighted by Crippen LogP contribution is 2.42. The summed E-state index contributed by atoms with van der Waals surface area (Å²) >= 11 is 0. The van der Waals surface area contributed by atoms with Crippen LogP contribution in [-0.4, -0.2) is 21.8 Å². The number of benzene rings is 1. The fourth-order valence-electron chi connectivity index (χ4n) is 2.58. The number of aliphatic hydroxyl groups excluding tert-OH is 1. The number of hydrogen-bond donors (Lipinski definition) is 2. The topological polar surface area (TPSA) is 95.3 Å². The van der Waals surface area contributed by atoms with Crippen molar-refractivity contribution in [1.29, 1.82) is 5.26 Å². The van der Waals surface area contributed by atoms with Crippen molar-refractivity contribution >= 4 is 0 Å². The summed E-state index contributed by atoms with van der Waals surface area (Å²) in [6.45, 7) is 3.51. The maximum absolute atomic E-state index is 11.4. The van der Waals surface area contributed by atoms with E-state index in [1.165, 1.54) is 12.3 Å². The third-order valence-electron chi connectivity index (χ3n) is 3.83. The minimum absolute atomic E-state index is 0.297. The van der Waals surface area contributed by atoms with Crippen molar-refractivity contribution in [2.45, 2.75) is 31.7 Å². The number of nitrogens with zero attached hydrogens (tertiary/aromatic N) is 1. The Kier molecular flexibility index (Phi) is 3.58. The van der Waals surface area contributed by atoms with Crippen LogP contribution in [0.5, 0.6) is 11.5 Å². The minimum atomic E-state index is -0.969. The van der Waals surface area contributed by atoms with Gasteiger partial charge in [-0.1, -0.05) is 0 Å². The molecule has 118 valence electrons. The van der Waals surface area contributed by atoms with E-state index in [0.29, 0.717) is 22.6 Å². The van der Waals surface area contributed by atoms with Gasteiger partial charge in [0.2, 0.25) is 0 Å². The molecule has 2 N–H and O–H groups in total. The zero-order valence-corrected chi connectivity index (χ0v) is 12.7. The molecule has 0 bridgehead atoms. The molecule has 0 unspecified atom stereocenters. The van der Waals surface area contributed by atoms with Crippen LogP contribution >= 0.6 is 0 Å². The molecule has 0 amide bonds. The third kappa shape index (κ3) is 2.79. The Balaban J connectivity index is 2.07. The molecular formula is C17H16N2O4. The lowest BCUT2D eigenvalue weighted by Crippen LogP contribution is -2.50. The zero-order chi connectivity index (χ0) is 16.6. The number of nitrogens with one attached hydrogen (secondary N) is 1. The Hall–Kier alpha value is -2.78. The molecule has 0 aliphatic carbocycles. The highest BCUT2D eigenvalue weighted by molar-refractivity contribution is 5.46. The largest absolute Gasteiger partial charge is 0.485 e. The van der Waals surface area contributed by atoms with Gasteiger partial charge in [-0.15, -0.1) is 0 Å². The fourth-order valence-corrected chi connectivity index (χ4v) is 2.58. The quantitative estimate of drug-likeness (QED) is 0.883. The van der Waals surface area contributed by atoms with E-state index in [1.54, 1.807) is 38.1 Å². The highest BCUT2D eigenvalue weighted by atomic mass is 16.5. The SMILES string of the molecule is CC1(C)Oc2ccc(C#N)cc2[C@@H](Oc2cc[nH]c(=O)c2)[C@@H]1O. The number of H-pyrrole nitrogens is 1. The summed E-state index contributed by atoms with van der Waals surface area (Å²) in [5, 5.41) is 19.7. The van der Waals surface area contributed by atoms with Crippen molar-refractivity contribution in [2.24, 2.45) is 0 Å². The first-order valence-corrected chi connectivity index (χ1v) is 7.17. The Morgan fingerprint density at radius 3 is 2.83 bits per heavy atom. The molecule has 1 aromatic carbocycles. The number of fused-ring (bicyclic) bond motifs is 1. The van der Waals surface area contributed by atoms with Crippen LogP contribution in [-0.2, 0) is 0 Å². The number of hydrogen-bond acceptors (Lipinski definition) is 5. The van der Waals surface area contributed by atoms with Crippen molar-refractivity contribution in [1.82, 2.24) is 4.98 Å². The smallest absolute Gasteiger partial charge is 0.251 e. The number of ether oxygens (including phenoxy) is 2. The lowest BCUT2D eigenvalue weighted by molar-refractivity contribution is -0.103. The van der Waals surface area contributed by atoms with Crippen LogP contribution in [0, 0.1) is 11.3 Å². The second-order valence-electron chi connectivity index (χ2n) is 5.94. The van der Waals surface area contributed by atoms with E-state index in [1.807, 2.05) is 0 Å². The van der Waals surface area contributed by atoms with Gasteiger partial charge in [-0.25, -0.2) is 0 Å². The Morgan fingerprint density at radius 2 is 2.13 bits per heavy atom. The lowest BCUT2D eigenvalue weighted by atomic mass is 9.87. The molecule has 0 fully saturated rings. The molecule has 1 aliphatic rings. The van der Waals surface area contributed by atoms with Crippen molar-refractivity contribution < 1.29 is 14.6 Å². The molecular weight excluding hydrogens is 296 g/mol. The molecule has 0 radical (unpaired) electrons. The van der Waals surface area contributed by atoms with Crippen LogP contribution in [0.2, 0.25) is 0 Å². The summed E-state index contributed by atoms with van der Waals surface area (Å²) in [6, 6.07) is 9.94. The van der Waals surface area contributed by atoms with E-state index in [-0.39, 0.29) is 5.56 Å². The van der Waals surface area contributed by atoms with Crippen molar-refractivity contribution in [3.63, 3.8) is 0 Å². The Bertz CT molecular complexity index is 835. The van der Waals surface area contributed by atoms with Crippen LogP contribution in [0.1, 0.15) is 31.1 Å². The molecule has 0 saturated carbocycles. The van der Waals surface area contributed by atoms with Crippen LogP contribution in [0.25, 0.3) is 0 Å². The molecule has 0 saturated heterocycles. The summed E-state index contributed by atoms with van der Waals surface area (Å²) in [5.74, 6) is 0.887. The predicted octanol–water partition coefficient (Wildman–Crippen LogP) is 1.90. The van der Waals surface area contributed by atoms with Gasteiger partial charge in [0.25, 0.3) is 5.56 Å². The molecule has 6 heteroatoms. The first-order chi connectivity index (χ1) is 10.9. The molecule has 2 heterocycles. The normalized spacial score (nSPS) is 21.7. The predicted molar refractivity (Wildman–Crippen MR) is 82.3 cm³/mol. The molecule has 3 rings (SSSR count). The monoisotopic (exact) mass is 312 g/mol. The summed E-state index contributed by atoms with van der Waals surface area (Å²) in [5.41, 5.74) is -0.142. The lowest BCUT2D eigenvalue weighted by Gasteiger charge is -2.41. The molecule has 23 heavy (non-hydrogen) atoms. The number of aromatic amines is 1. The maximum Gasteiger partial charge on any atom is 0.251 e. The molecule has 1 aromatic heterocycles. The number of nitriles is 1. The van der Waals surface area contributed by atoms with Crippen LogP contribution in [0.3, 0.4) is 0 Å². The van der Waals surface area contributed by atoms with Gasteiger partial charge in [0.15, 0.2) is 6.10 Å². The van der Waals surface area contributed by atoms with E-state index in [4.69, 9.17) is 14.7 Å². The van der Waals surface area contributed by atoms with E-state index in [2.05, 4.69) is 11.1 Å². The zero-order valence-electron chi connectivity index (χ0n) is 12.7. The van der Waals surface area contributed by atoms with E-state index >= 15 is 0 Å². The van der Waals surface area contributed by atoms with E-state index in [0.717, 1.165) is 0 Å².